The van der Waals surface area contributed by atoms with Gasteiger partial charge in [0.2, 0.25) is 0 Å². The predicted molar refractivity (Wildman–Crippen MR) is 247 cm³/mol. The van der Waals surface area contributed by atoms with Crippen molar-refractivity contribution in [3.8, 4) is 28.3 Å². The summed E-state index contributed by atoms with van der Waals surface area (Å²) < 4.78 is 9.14. The van der Waals surface area contributed by atoms with E-state index in [-0.39, 0.29) is 0 Å². The molecular weight excluding hydrogens is 745 g/mol. The molecule has 1 aromatic heterocycles. The van der Waals surface area contributed by atoms with E-state index in [2.05, 4.69) is 180 Å². The number of nitrogens with zero attached hydrogens (tertiary/aromatic N) is 3. The third-order valence-electron chi connectivity index (χ3n) is 12.9. The number of amidine groups is 2. The molecule has 1 N–H and O–H groups in total. The lowest BCUT2D eigenvalue weighted by Gasteiger charge is -2.39. The highest BCUT2D eigenvalue weighted by molar-refractivity contribution is 6.16. The average Bonchev–Trinajstić information content (AvgIpc) is 3.80. The molecule has 0 saturated heterocycles. The Labute approximate surface area is 352 Å². The van der Waals surface area contributed by atoms with Gasteiger partial charge in [-0.25, -0.2) is 9.98 Å². The number of rotatable bonds is 4. The molecule has 2 aliphatic heterocycles. The summed E-state index contributed by atoms with van der Waals surface area (Å²) in [7, 11) is 0. The van der Waals surface area contributed by atoms with Gasteiger partial charge in [0, 0.05) is 44.0 Å². The van der Waals surface area contributed by atoms with Crippen LogP contribution in [0.25, 0.3) is 49.4 Å². The van der Waals surface area contributed by atoms with Crippen molar-refractivity contribution in [2.75, 3.05) is 0 Å². The molecule has 0 amide bonds. The number of aliphatic imine (C=N–C) groups is 2. The maximum Gasteiger partial charge on any atom is 0.170 e. The minimum Gasteiger partial charge on any atom is -0.457 e. The molecule has 0 saturated carbocycles. The molecule has 3 aliphatic rings. The number of hydrogen-bond donors (Lipinski definition) is 1. The Morgan fingerprint density at radius 3 is 1.72 bits per heavy atom. The number of benzene rings is 9. The molecule has 9 aromatic carbocycles. The second-order valence-electron chi connectivity index (χ2n) is 16.1. The van der Waals surface area contributed by atoms with Crippen molar-refractivity contribution in [1.82, 2.24) is 9.88 Å². The lowest BCUT2D eigenvalue weighted by molar-refractivity contribution is 0.436. The van der Waals surface area contributed by atoms with Gasteiger partial charge < -0.3 is 14.6 Å². The van der Waals surface area contributed by atoms with Crippen LogP contribution in [0.2, 0.25) is 0 Å². The van der Waals surface area contributed by atoms with E-state index in [1.165, 1.54) is 33.0 Å². The lowest BCUT2D eigenvalue weighted by Crippen LogP contribution is -2.36. The molecule has 0 fully saturated rings. The molecule has 5 heteroatoms. The molecule has 0 atom stereocenters. The van der Waals surface area contributed by atoms with Crippen molar-refractivity contribution in [3.63, 3.8) is 0 Å². The van der Waals surface area contributed by atoms with E-state index in [4.69, 9.17) is 14.7 Å². The van der Waals surface area contributed by atoms with Crippen LogP contribution in [-0.4, -0.2) is 16.2 Å². The normalized spacial score (nSPS) is 14.8. The van der Waals surface area contributed by atoms with Crippen molar-refractivity contribution in [1.29, 1.82) is 0 Å². The van der Waals surface area contributed by atoms with Crippen LogP contribution in [0.4, 0.5) is 0 Å². The van der Waals surface area contributed by atoms with E-state index >= 15 is 0 Å². The lowest BCUT2D eigenvalue weighted by atomic mass is 9.66. The maximum atomic E-state index is 6.67. The van der Waals surface area contributed by atoms with Crippen molar-refractivity contribution in [2.24, 2.45) is 9.98 Å². The quantitative estimate of drug-likeness (QED) is 0.193. The van der Waals surface area contributed by atoms with Crippen molar-refractivity contribution in [3.05, 3.63) is 245 Å². The third kappa shape index (κ3) is 4.83. The summed E-state index contributed by atoms with van der Waals surface area (Å²) in [6, 6.07) is 73.7. The average molecular weight is 781 g/mol. The van der Waals surface area contributed by atoms with E-state index in [0.717, 1.165) is 78.5 Å². The number of hydrogen-bond acceptors (Lipinski definition) is 4. The van der Waals surface area contributed by atoms with E-state index in [9.17, 15) is 0 Å². The van der Waals surface area contributed by atoms with Crippen molar-refractivity contribution >= 4 is 44.2 Å². The van der Waals surface area contributed by atoms with Crippen molar-refractivity contribution in [2.45, 2.75) is 11.6 Å². The first-order chi connectivity index (χ1) is 30.3. The Kier molecular flexibility index (Phi) is 7.22. The minimum atomic E-state index is -0.573. The maximum absolute atomic E-state index is 6.67. The van der Waals surface area contributed by atoms with Crippen LogP contribution in [0.5, 0.6) is 11.5 Å². The minimum absolute atomic E-state index is 0.459. The summed E-state index contributed by atoms with van der Waals surface area (Å²) in [6.07, 6.45) is -0.459. The van der Waals surface area contributed by atoms with Gasteiger partial charge in [-0.2, -0.15) is 0 Å². The third-order valence-corrected chi connectivity index (χ3v) is 12.9. The zero-order valence-electron chi connectivity index (χ0n) is 33.0. The fourth-order valence-corrected chi connectivity index (χ4v) is 10.4. The number of nitrogens with one attached hydrogen (secondary N) is 1. The van der Waals surface area contributed by atoms with E-state index in [1.54, 1.807) is 0 Å². The SMILES string of the molecule is c1ccc(C2=NC(c3cccc4c(-n5c6ccccc6c6cc7c(cc65)C5(c6ccccc6Oc6ccccc65)c5ccccc5-7)cccc34)N=C(c3ccccc3)N2)cc1. The fourth-order valence-electron chi connectivity index (χ4n) is 10.4. The second kappa shape index (κ2) is 13.0. The number of aromatic nitrogens is 1. The highest BCUT2D eigenvalue weighted by Crippen LogP contribution is 2.62. The smallest absolute Gasteiger partial charge is 0.170 e. The van der Waals surface area contributed by atoms with Gasteiger partial charge >= 0.3 is 0 Å². The van der Waals surface area contributed by atoms with Crippen LogP contribution in [0.3, 0.4) is 0 Å². The van der Waals surface area contributed by atoms with Crippen LogP contribution in [-0.2, 0) is 5.41 Å². The van der Waals surface area contributed by atoms with Gasteiger partial charge in [-0.1, -0.05) is 170 Å². The van der Waals surface area contributed by atoms with Gasteiger partial charge in [-0.15, -0.1) is 0 Å². The first kappa shape index (κ1) is 33.9. The van der Waals surface area contributed by atoms with Crippen LogP contribution in [0, 0.1) is 0 Å². The van der Waals surface area contributed by atoms with E-state index in [0.29, 0.717) is 0 Å². The molecule has 1 spiro atoms. The molecule has 3 heterocycles. The topological polar surface area (TPSA) is 50.9 Å². The van der Waals surface area contributed by atoms with Gasteiger partial charge in [-0.05, 0) is 64.0 Å². The summed E-state index contributed by atoms with van der Waals surface area (Å²) in [4.78, 5) is 10.6. The number of ether oxygens (including phenoxy) is 1. The molecule has 5 nitrogen and oxygen atoms in total. The van der Waals surface area contributed by atoms with Gasteiger partial charge in [-0.3, -0.25) is 0 Å². The number of fused-ring (bicyclic) bond motifs is 13. The largest absolute Gasteiger partial charge is 0.457 e. The van der Waals surface area contributed by atoms with Gasteiger partial charge in [0.15, 0.2) is 6.17 Å². The second-order valence-corrected chi connectivity index (χ2v) is 16.1. The Balaban J connectivity index is 1.07. The van der Waals surface area contributed by atoms with Crippen LogP contribution in [0.1, 0.15) is 45.1 Å². The van der Waals surface area contributed by atoms with Crippen LogP contribution >= 0.6 is 0 Å². The molecule has 286 valence electrons. The molecule has 61 heavy (non-hydrogen) atoms. The number of para-hydroxylation sites is 3. The summed E-state index contributed by atoms with van der Waals surface area (Å²) in [6.45, 7) is 0. The standard InChI is InChI=1S/C56H36N4O/c1-3-17-35(18-4-1)53-57-54(36-19-5-2-6-20-36)59-55(58-53)41-25-15-24-39-37(41)23-16-30-49(39)60-48-29-12-8-22-40(48)43-33-42-38-21-7-9-26-44(38)56(47(42)34-50(43)60)45-27-10-13-31-51(45)61-52-32-14-11-28-46(52)56/h1-34,55H,(H,57,58,59). The zero-order valence-corrected chi connectivity index (χ0v) is 33.0. The van der Waals surface area contributed by atoms with Gasteiger partial charge in [0.05, 0.1) is 22.1 Å². The first-order valence-corrected chi connectivity index (χ1v) is 20.9. The van der Waals surface area contributed by atoms with E-state index < -0.39 is 11.6 Å². The van der Waals surface area contributed by atoms with Crippen LogP contribution < -0.4 is 10.1 Å². The summed E-state index contributed by atoms with van der Waals surface area (Å²) >= 11 is 0. The Morgan fingerprint density at radius 1 is 0.426 bits per heavy atom. The van der Waals surface area contributed by atoms with E-state index in [1.807, 2.05) is 36.4 Å². The summed E-state index contributed by atoms with van der Waals surface area (Å²) in [5.41, 5.74) is 13.3. The summed E-state index contributed by atoms with van der Waals surface area (Å²) in [5, 5.41) is 8.24. The molecule has 0 unspecified atom stereocenters. The molecule has 13 rings (SSSR count). The van der Waals surface area contributed by atoms with Crippen molar-refractivity contribution < 1.29 is 4.74 Å². The molecular formula is C56H36N4O. The monoisotopic (exact) mass is 780 g/mol. The Morgan fingerprint density at radius 2 is 1.00 bits per heavy atom. The Hall–Kier alpha value is -8.02. The molecule has 0 bridgehead atoms. The molecule has 1 aliphatic carbocycles. The summed E-state index contributed by atoms with van der Waals surface area (Å²) in [5.74, 6) is 3.38. The van der Waals surface area contributed by atoms with Crippen LogP contribution in [0.15, 0.2) is 216 Å². The zero-order chi connectivity index (χ0) is 40.1. The highest BCUT2D eigenvalue weighted by Gasteiger charge is 2.51. The van der Waals surface area contributed by atoms with Gasteiger partial charge in [0.1, 0.15) is 23.2 Å². The first-order valence-electron chi connectivity index (χ1n) is 20.9. The fraction of sp³-hybridized carbons (Fsp3) is 0.0357. The predicted octanol–water partition coefficient (Wildman–Crippen LogP) is 12.9. The molecule has 10 aromatic rings. The molecule has 0 radical (unpaired) electrons. The highest BCUT2D eigenvalue weighted by atomic mass is 16.5. The Bertz CT molecular complexity index is 3390. The van der Waals surface area contributed by atoms with Gasteiger partial charge in [0.25, 0.3) is 0 Å².